The number of rotatable bonds is 4. The average Bonchev–Trinajstić information content (AvgIpc) is 3.01. The van der Waals surface area contributed by atoms with Gasteiger partial charge in [-0.05, 0) is 42.3 Å². The van der Waals surface area contributed by atoms with Gasteiger partial charge in [-0.1, -0.05) is 23.7 Å². The van der Waals surface area contributed by atoms with Gasteiger partial charge in [-0.15, -0.1) is 0 Å². The third kappa shape index (κ3) is 4.60. The molecule has 4 nitrogen and oxygen atoms in total. The van der Waals surface area contributed by atoms with Gasteiger partial charge in [0.15, 0.2) is 0 Å². The molecule has 2 amide bonds. The summed E-state index contributed by atoms with van der Waals surface area (Å²) < 4.78 is 38.7. The fourth-order valence-corrected chi connectivity index (χ4v) is 3.10. The third-order valence-corrected chi connectivity index (χ3v) is 4.62. The van der Waals surface area contributed by atoms with Crippen LogP contribution < -0.4 is 5.32 Å². The number of nitrogens with one attached hydrogen (secondary N) is 1. The molecule has 0 unspecified atom stereocenters. The highest BCUT2D eigenvalue weighted by atomic mass is 35.5. The molecule has 2 aromatic rings. The minimum atomic E-state index is -4.60. The summed E-state index contributed by atoms with van der Waals surface area (Å²) in [6.07, 6.45) is -3.20. The number of alkyl halides is 3. The quantitative estimate of drug-likeness (QED) is 0.812. The minimum Gasteiger partial charge on any atom is -0.338 e. The highest BCUT2D eigenvalue weighted by molar-refractivity contribution is 6.31. The third-order valence-electron chi connectivity index (χ3n) is 4.29. The van der Waals surface area contributed by atoms with E-state index in [4.69, 9.17) is 11.6 Å². The van der Waals surface area contributed by atoms with E-state index >= 15 is 0 Å². The lowest BCUT2D eigenvalue weighted by atomic mass is 10.1. The van der Waals surface area contributed by atoms with E-state index in [9.17, 15) is 22.8 Å². The lowest BCUT2D eigenvalue weighted by Gasteiger charge is -2.15. The molecule has 8 heteroatoms. The van der Waals surface area contributed by atoms with Crippen LogP contribution in [0.1, 0.15) is 34.3 Å². The Morgan fingerprint density at radius 2 is 1.85 bits per heavy atom. The topological polar surface area (TPSA) is 49.4 Å². The van der Waals surface area contributed by atoms with Crippen LogP contribution in [0.15, 0.2) is 42.5 Å². The smallest absolute Gasteiger partial charge is 0.338 e. The van der Waals surface area contributed by atoms with Crippen LogP contribution in [0.4, 0.5) is 18.9 Å². The van der Waals surface area contributed by atoms with E-state index in [0.717, 1.165) is 30.7 Å². The van der Waals surface area contributed by atoms with Crippen molar-refractivity contribution in [2.24, 2.45) is 0 Å². The van der Waals surface area contributed by atoms with Crippen molar-refractivity contribution >= 4 is 29.1 Å². The largest absolute Gasteiger partial charge is 0.417 e. The predicted octanol–water partition coefficient (Wildman–Crippen LogP) is 4.73. The first-order valence-electron chi connectivity index (χ1n) is 8.29. The molecule has 2 aromatic carbocycles. The number of anilines is 1. The number of likely N-dealkylation sites (tertiary alicyclic amines) is 1. The van der Waals surface area contributed by atoms with Crippen molar-refractivity contribution in [3.8, 4) is 0 Å². The SMILES string of the molecule is O=C(Nc1ccc(Cl)c(C(F)(F)F)c1)c1ccc(CN2CCCC2=O)cc1. The summed E-state index contributed by atoms with van der Waals surface area (Å²) in [5, 5.41) is 2.01. The molecule has 0 bridgehead atoms. The highest BCUT2D eigenvalue weighted by Gasteiger charge is 2.33. The first kappa shape index (κ1) is 19.2. The van der Waals surface area contributed by atoms with Gasteiger partial charge in [0.2, 0.25) is 5.91 Å². The van der Waals surface area contributed by atoms with Gasteiger partial charge < -0.3 is 10.2 Å². The molecule has 0 atom stereocenters. The Bertz CT molecular complexity index is 866. The van der Waals surface area contributed by atoms with Crippen LogP contribution in [-0.4, -0.2) is 23.3 Å². The zero-order valence-corrected chi connectivity index (χ0v) is 14.9. The summed E-state index contributed by atoms with van der Waals surface area (Å²) in [6, 6.07) is 9.80. The molecule has 0 radical (unpaired) electrons. The molecule has 0 spiro atoms. The van der Waals surface area contributed by atoms with Gasteiger partial charge in [0.05, 0.1) is 10.6 Å². The maximum atomic E-state index is 12.9. The molecular weight excluding hydrogens is 381 g/mol. The number of carbonyl (C=O) groups is 2. The molecule has 1 heterocycles. The van der Waals surface area contributed by atoms with Crippen LogP contribution in [0.3, 0.4) is 0 Å². The number of hydrogen-bond acceptors (Lipinski definition) is 2. The molecule has 1 aliphatic rings. The highest BCUT2D eigenvalue weighted by Crippen LogP contribution is 2.36. The second-order valence-corrected chi connectivity index (χ2v) is 6.67. The molecule has 3 rings (SSSR count). The number of amides is 2. The first-order valence-corrected chi connectivity index (χ1v) is 8.66. The Morgan fingerprint density at radius 3 is 2.44 bits per heavy atom. The maximum absolute atomic E-state index is 12.9. The van der Waals surface area contributed by atoms with Gasteiger partial charge in [-0.25, -0.2) is 0 Å². The van der Waals surface area contributed by atoms with Crippen LogP contribution in [0.2, 0.25) is 5.02 Å². The molecule has 142 valence electrons. The Morgan fingerprint density at radius 1 is 1.15 bits per heavy atom. The monoisotopic (exact) mass is 396 g/mol. The lowest BCUT2D eigenvalue weighted by Crippen LogP contribution is -2.23. The van der Waals surface area contributed by atoms with Gasteiger partial charge in [-0.3, -0.25) is 9.59 Å². The summed E-state index contributed by atoms with van der Waals surface area (Å²) in [7, 11) is 0. The zero-order chi connectivity index (χ0) is 19.6. The Hall–Kier alpha value is -2.54. The summed E-state index contributed by atoms with van der Waals surface area (Å²) in [5.74, 6) is -0.422. The van der Waals surface area contributed by atoms with Crippen molar-refractivity contribution in [3.63, 3.8) is 0 Å². The van der Waals surface area contributed by atoms with E-state index < -0.39 is 22.7 Å². The van der Waals surface area contributed by atoms with E-state index in [1.54, 1.807) is 29.2 Å². The van der Waals surface area contributed by atoms with Gasteiger partial charge in [0.1, 0.15) is 0 Å². The van der Waals surface area contributed by atoms with Gasteiger partial charge in [-0.2, -0.15) is 13.2 Å². The Labute approximate surface area is 158 Å². The molecule has 0 aliphatic carbocycles. The van der Waals surface area contributed by atoms with Crippen LogP contribution in [0, 0.1) is 0 Å². The number of benzene rings is 2. The van der Waals surface area contributed by atoms with E-state index in [1.165, 1.54) is 6.07 Å². The summed E-state index contributed by atoms with van der Waals surface area (Å²) in [6.45, 7) is 1.20. The van der Waals surface area contributed by atoms with Crippen LogP contribution >= 0.6 is 11.6 Å². The van der Waals surface area contributed by atoms with Crippen LogP contribution in [0.5, 0.6) is 0 Å². The molecule has 1 N–H and O–H groups in total. The predicted molar refractivity (Wildman–Crippen MR) is 95.5 cm³/mol. The normalized spacial score (nSPS) is 14.5. The number of nitrogens with zero attached hydrogens (tertiary/aromatic N) is 1. The van der Waals surface area contributed by atoms with E-state index in [1.807, 2.05) is 0 Å². The number of halogens is 4. The summed E-state index contributed by atoms with van der Waals surface area (Å²) >= 11 is 5.57. The molecule has 1 aliphatic heterocycles. The van der Waals surface area contributed by atoms with Gasteiger partial charge in [0, 0.05) is 30.8 Å². The Kier molecular flexibility index (Phi) is 5.41. The maximum Gasteiger partial charge on any atom is 0.417 e. The van der Waals surface area contributed by atoms with E-state index in [0.29, 0.717) is 18.5 Å². The molecule has 0 saturated carbocycles. The average molecular weight is 397 g/mol. The molecule has 0 aromatic heterocycles. The van der Waals surface area contributed by atoms with Crippen molar-refractivity contribution < 1.29 is 22.8 Å². The molecule has 1 saturated heterocycles. The summed E-state index contributed by atoms with van der Waals surface area (Å²) in [4.78, 5) is 25.7. The first-order chi connectivity index (χ1) is 12.7. The lowest BCUT2D eigenvalue weighted by molar-refractivity contribution is -0.137. The fraction of sp³-hybridized carbons (Fsp3) is 0.263. The number of hydrogen-bond donors (Lipinski definition) is 1. The van der Waals surface area contributed by atoms with Crippen molar-refractivity contribution in [1.29, 1.82) is 0 Å². The second kappa shape index (κ2) is 7.60. The molecular formula is C19H16ClF3N2O2. The van der Waals surface area contributed by atoms with Crippen LogP contribution in [0.25, 0.3) is 0 Å². The molecule has 1 fully saturated rings. The van der Waals surface area contributed by atoms with E-state index in [2.05, 4.69) is 5.32 Å². The van der Waals surface area contributed by atoms with Gasteiger partial charge in [0.25, 0.3) is 5.91 Å². The van der Waals surface area contributed by atoms with Crippen molar-refractivity contribution in [3.05, 3.63) is 64.2 Å². The minimum absolute atomic E-state index is 0.00321. The Balaban J connectivity index is 1.68. The van der Waals surface area contributed by atoms with Crippen molar-refractivity contribution in [2.45, 2.75) is 25.6 Å². The number of carbonyl (C=O) groups excluding carboxylic acids is 2. The second-order valence-electron chi connectivity index (χ2n) is 6.26. The van der Waals surface area contributed by atoms with Crippen molar-refractivity contribution in [1.82, 2.24) is 4.90 Å². The van der Waals surface area contributed by atoms with Crippen molar-refractivity contribution in [2.75, 3.05) is 11.9 Å². The standard InChI is InChI=1S/C19H16ClF3N2O2/c20-16-8-7-14(10-15(16)19(21,22)23)24-18(27)13-5-3-12(4-6-13)11-25-9-1-2-17(25)26/h3-8,10H,1-2,9,11H2,(H,24,27). The molecule has 27 heavy (non-hydrogen) atoms. The zero-order valence-electron chi connectivity index (χ0n) is 14.1. The summed E-state index contributed by atoms with van der Waals surface area (Å²) in [5.41, 5.74) is 0.179. The fourth-order valence-electron chi connectivity index (χ4n) is 2.88. The van der Waals surface area contributed by atoms with E-state index in [-0.39, 0.29) is 11.6 Å². The van der Waals surface area contributed by atoms with Gasteiger partial charge >= 0.3 is 6.18 Å². The van der Waals surface area contributed by atoms with Crippen LogP contribution in [-0.2, 0) is 17.5 Å².